The Balaban J connectivity index is 2.25. The van der Waals surface area contributed by atoms with Gasteiger partial charge in [-0.05, 0) is 36.8 Å². The average Bonchev–Trinajstić information content (AvgIpc) is 2.69. The first-order chi connectivity index (χ1) is 13.8. The van der Waals surface area contributed by atoms with E-state index in [1.54, 1.807) is 25.3 Å². The number of pyridine rings is 1. The van der Waals surface area contributed by atoms with Crippen LogP contribution in [-0.2, 0) is 13.0 Å². The van der Waals surface area contributed by atoms with Gasteiger partial charge in [-0.2, -0.15) is 0 Å². The summed E-state index contributed by atoms with van der Waals surface area (Å²) in [6.07, 6.45) is 0.439. The van der Waals surface area contributed by atoms with Gasteiger partial charge in [0.15, 0.2) is 5.43 Å². The van der Waals surface area contributed by atoms with Crippen LogP contribution in [0.25, 0.3) is 11.3 Å². The lowest BCUT2D eigenvalue weighted by Gasteiger charge is -2.20. The molecule has 0 aliphatic carbocycles. The van der Waals surface area contributed by atoms with Gasteiger partial charge in [-0.25, -0.2) is 4.79 Å². The Morgan fingerprint density at radius 2 is 1.86 bits per heavy atom. The maximum absolute atomic E-state index is 12.7. The number of rotatable bonds is 6. The second kappa shape index (κ2) is 8.72. The van der Waals surface area contributed by atoms with Crippen molar-refractivity contribution in [2.75, 3.05) is 7.11 Å². The molecular weight excluding hydrogens is 413 g/mol. The molecule has 2 aromatic carbocycles. The summed E-state index contributed by atoms with van der Waals surface area (Å²) in [5, 5.41) is 10.3. The smallest absolute Gasteiger partial charge is 0.341 e. The van der Waals surface area contributed by atoms with Gasteiger partial charge in [0, 0.05) is 30.3 Å². The molecule has 0 spiro atoms. The number of methoxy groups -OCH3 is 1. The third-order valence-corrected chi connectivity index (χ3v) is 5.38. The Bertz CT molecular complexity index is 1140. The SMILES string of the molecule is CCn1c(Cc2cccc(OC)c2)cc(=O)c(C(=O)O)c1-c1ccc(Cl)c(Cl)c1. The minimum atomic E-state index is -1.29. The minimum Gasteiger partial charge on any atom is -0.497 e. The molecule has 0 aliphatic rings. The molecule has 3 rings (SSSR count). The summed E-state index contributed by atoms with van der Waals surface area (Å²) >= 11 is 12.2. The summed E-state index contributed by atoms with van der Waals surface area (Å²) in [5.74, 6) is -0.578. The van der Waals surface area contributed by atoms with Crippen molar-refractivity contribution < 1.29 is 14.6 Å². The Morgan fingerprint density at radius 3 is 2.48 bits per heavy atom. The molecule has 0 aliphatic heterocycles. The van der Waals surface area contributed by atoms with E-state index in [4.69, 9.17) is 27.9 Å². The molecule has 0 atom stereocenters. The van der Waals surface area contributed by atoms with Crippen LogP contribution >= 0.6 is 23.2 Å². The molecule has 7 heteroatoms. The van der Waals surface area contributed by atoms with E-state index in [1.165, 1.54) is 6.07 Å². The second-order valence-electron chi connectivity index (χ2n) is 6.43. The number of carboxylic acid groups (broad SMARTS) is 1. The first kappa shape index (κ1) is 21.0. The number of carboxylic acids is 1. The van der Waals surface area contributed by atoms with E-state index >= 15 is 0 Å². The van der Waals surface area contributed by atoms with Crippen molar-refractivity contribution in [2.24, 2.45) is 0 Å². The predicted molar refractivity (Wildman–Crippen MR) is 115 cm³/mol. The van der Waals surface area contributed by atoms with Gasteiger partial charge in [0.1, 0.15) is 11.3 Å². The fourth-order valence-electron chi connectivity index (χ4n) is 3.35. The van der Waals surface area contributed by atoms with Crippen LogP contribution < -0.4 is 10.2 Å². The zero-order valence-corrected chi connectivity index (χ0v) is 17.4. The summed E-state index contributed by atoms with van der Waals surface area (Å²) in [6.45, 7) is 2.36. The summed E-state index contributed by atoms with van der Waals surface area (Å²) in [7, 11) is 1.59. The normalized spacial score (nSPS) is 10.8. The van der Waals surface area contributed by atoms with Crippen LogP contribution in [-0.4, -0.2) is 22.8 Å². The standard InChI is InChI=1S/C22H19Cl2NO4/c1-3-25-15(9-13-5-4-6-16(10-13)29-2)12-19(26)20(22(27)28)21(25)14-7-8-17(23)18(24)11-14/h4-8,10-12H,3,9H2,1-2H3,(H,27,28). The molecule has 0 unspecified atom stereocenters. The Kier molecular flexibility index (Phi) is 6.30. The van der Waals surface area contributed by atoms with Gasteiger partial charge in [-0.3, -0.25) is 4.79 Å². The maximum Gasteiger partial charge on any atom is 0.341 e. The van der Waals surface area contributed by atoms with Crippen LogP contribution in [0.4, 0.5) is 0 Å². The average molecular weight is 432 g/mol. The van der Waals surface area contributed by atoms with Gasteiger partial charge in [0.05, 0.1) is 22.8 Å². The highest BCUT2D eigenvalue weighted by Crippen LogP contribution is 2.31. The predicted octanol–water partition coefficient (Wildman–Crippen LogP) is 5.14. The maximum atomic E-state index is 12.7. The van der Waals surface area contributed by atoms with E-state index in [9.17, 15) is 14.7 Å². The Hall–Kier alpha value is -2.76. The molecule has 0 amide bonds. The van der Waals surface area contributed by atoms with Crippen LogP contribution in [0, 0.1) is 0 Å². The fourth-order valence-corrected chi connectivity index (χ4v) is 3.64. The fraction of sp³-hybridized carbons (Fsp3) is 0.182. The number of aromatic carboxylic acids is 1. The van der Waals surface area contributed by atoms with Crippen molar-refractivity contribution >= 4 is 29.2 Å². The van der Waals surface area contributed by atoms with E-state index in [0.717, 1.165) is 5.56 Å². The van der Waals surface area contributed by atoms with E-state index in [-0.39, 0.29) is 10.6 Å². The van der Waals surface area contributed by atoms with E-state index in [0.29, 0.717) is 40.7 Å². The molecule has 1 aromatic heterocycles. The van der Waals surface area contributed by atoms with Gasteiger partial charge in [0.25, 0.3) is 0 Å². The van der Waals surface area contributed by atoms with Crippen molar-refractivity contribution in [1.29, 1.82) is 0 Å². The molecule has 0 saturated carbocycles. The van der Waals surface area contributed by atoms with Gasteiger partial charge >= 0.3 is 5.97 Å². The quantitative estimate of drug-likeness (QED) is 0.586. The number of nitrogens with zero attached hydrogens (tertiary/aromatic N) is 1. The lowest BCUT2D eigenvalue weighted by molar-refractivity contribution is 0.0695. The topological polar surface area (TPSA) is 68.5 Å². The Labute approximate surface area is 178 Å². The summed E-state index contributed by atoms with van der Waals surface area (Å²) in [4.78, 5) is 24.6. The van der Waals surface area contributed by atoms with Gasteiger partial charge in [0.2, 0.25) is 0 Å². The lowest BCUT2D eigenvalue weighted by atomic mass is 10.0. The third kappa shape index (κ3) is 4.31. The molecule has 29 heavy (non-hydrogen) atoms. The number of benzene rings is 2. The number of aromatic nitrogens is 1. The van der Waals surface area contributed by atoms with Gasteiger partial charge in [-0.15, -0.1) is 0 Å². The third-order valence-electron chi connectivity index (χ3n) is 4.64. The molecule has 1 heterocycles. The minimum absolute atomic E-state index is 0.286. The van der Waals surface area contributed by atoms with E-state index in [1.807, 2.05) is 35.8 Å². The van der Waals surface area contributed by atoms with Crippen LogP contribution in [0.1, 0.15) is 28.5 Å². The van der Waals surface area contributed by atoms with Crippen LogP contribution in [0.15, 0.2) is 53.3 Å². The van der Waals surface area contributed by atoms with Crippen molar-refractivity contribution in [3.05, 3.63) is 85.6 Å². The van der Waals surface area contributed by atoms with Crippen molar-refractivity contribution in [3.63, 3.8) is 0 Å². The summed E-state index contributed by atoms with van der Waals surface area (Å²) in [5.41, 5.74) is 1.61. The number of halogens is 2. The molecule has 0 bridgehead atoms. The molecule has 3 aromatic rings. The van der Waals surface area contributed by atoms with Gasteiger partial charge in [-0.1, -0.05) is 41.4 Å². The zero-order valence-electron chi connectivity index (χ0n) is 15.9. The highest BCUT2D eigenvalue weighted by molar-refractivity contribution is 6.42. The molecular formula is C22H19Cl2NO4. The first-order valence-corrected chi connectivity index (χ1v) is 9.69. The highest BCUT2D eigenvalue weighted by atomic mass is 35.5. The first-order valence-electron chi connectivity index (χ1n) is 8.94. The molecule has 1 N–H and O–H groups in total. The zero-order chi connectivity index (χ0) is 21.1. The van der Waals surface area contributed by atoms with Crippen LogP contribution in [0.5, 0.6) is 5.75 Å². The monoisotopic (exact) mass is 431 g/mol. The summed E-state index contributed by atoms with van der Waals surface area (Å²) < 4.78 is 7.09. The molecule has 0 radical (unpaired) electrons. The van der Waals surface area contributed by atoms with Gasteiger partial charge < -0.3 is 14.4 Å². The Morgan fingerprint density at radius 1 is 1.10 bits per heavy atom. The van der Waals surface area contributed by atoms with Crippen molar-refractivity contribution in [2.45, 2.75) is 19.9 Å². The van der Waals surface area contributed by atoms with Crippen LogP contribution in [0.3, 0.4) is 0 Å². The second-order valence-corrected chi connectivity index (χ2v) is 7.24. The molecule has 0 fully saturated rings. The largest absolute Gasteiger partial charge is 0.497 e. The molecule has 5 nitrogen and oxygen atoms in total. The van der Waals surface area contributed by atoms with E-state index < -0.39 is 11.4 Å². The highest BCUT2D eigenvalue weighted by Gasteiger charge is 2.22. The lowest BCUT2D eigenvalue weighted by Crippen LogP contribution is -2.23. The number of carbonyl (C=O) groups is 1. The molecule has 150 valence electrons. The molecule has 0 saturated heterocycles. The number of hydrogen-bond donors (Lipinski definition) is 1. The number of hydrogen-bond acceptors (Lipinski definition) is 3. The number of ether oxygens (including phenoxy) is 1. The van der Waals surface area contributed by atoms with Crippen molar-refractivity contribution in [1.82, 2.24) is 4.57 Å². The van der Waals surface area contributed by atoms with Crippen LogP contribution in [0.2, 0.25) is 10.0 Å². The van der Waals surface area contributed by atoms with E-state index in [2.05, 4.69) is 0 Å². The summed E-state index contributed by atoms with van der Waals surface area (Å²) in [6, 6.07) is 13.7. The van der Waals surface area contributed by atoms with Crippen molar-refractivity contribution in [3.8, 4) is 17.0 Å².